The van der Waals surface area contributed by atoms with Crippen LogP contribution in [0, 0.1) is 6.92 Å². The Morgan fingerprint density at radius 1 is 1.29 bits per heavy atom. The number of hydrogen-bond donors (Lipinski definition) is 2. The molecule has 178 valence electrons. The molecule has 0 aliphatic rings. The number of thiophene rings is 1. The average Bonchev–Trinajstić information content (AvgIpc) is 3.34. The fourth-order valence-corrected chi connectivity index (χ4v) is 5.12. The number of carbonyl (C=O) groups excluding carboxylic acids is 3. The van der Waals surface area contributed by atoms with Crippen LogP contribution < -0.4 is 11.1 Å². The van der Waals surface area contributed by atoms with Crippen molar-refractivity contribution in [2.75, 3.05) is 18.2 Å². The van der Waals surface area contributed by atoms with E-state index < -0.39 is 17.8 Å². The Kier molecular flexibility index (Phi) is 8.37. The molecule has 0 aliphatic heterocycles. The predicted molar refractivity (Wildman–Crippen MR) is 134 cm³/mol. The molecule has 2 aromatic heterocycles. The van der Waals surface area contributed by atoms with Gasteiger partial charge in [0.05, 0.1) is 33.3 Å². The topological polar surface area (TPSA) is 129 Å². The molecule has 0 aliphatic carbocycles. The van der Waals surface area contributed by atoms with E-state index in [0.29, 0.717) is 38.7 Å². The molecule has 0 bridgehead atoms. The third kappa shape index (κ3) is 5.44. The SMILES string of the molecule is C=CCn1c(SCC(=O)Nc2sc(C(N)=O)c(C)c2C(=O)OC)nnc1-c1ccc(Cl)c(Cl)c1. The summed E-state index contributed by atoms with van der Waals surface area (Å²) in [5.74, 6) is -1.30. The summed E-state index contributed by atoms with van der Waals surface area (Å²) in [6.45, 7) is 5.72. The number of primary amides is 1. The molecule has 3 N–H and O–H groups in total. The van der Waals surface area contributed by atoms with Crippen molar-refractivity contribution in [3.8, 4) is 11.4 Å². The van der Waals surface area contributed by atoms with Gasteiger partial charge in [-0.15, -0.1) is 28.1 Å². The first-order chi connectivity index (χ1) is 16.2. The number of nitrogens with two attached hydrogens (primary N) is 1. The largest absolute Gasteiger partial charge is 0.465 e. The van der Waals surface area contributed by atoms with Gasteiger partial charge in [0.25, 0.3) is 5.91 Å². The second kappa shape index (κ2) is 11.0. The third-order valence-corrected chi connectivity index (χ3v) is 7.48. The summed E-state index contributed by atoms with van der Waals surface area (Å²) in [6.07, 6.45) is 1.68. The fraction of sp³-hybridized carbons (Fsp3) is 0.190. The Labute approximate surface area is 213 Å². The maximum atomic E-state index is 12.7. The second-order valence-electron chi connectivity index (χ2n) is 6.79. The number of thioether (sulfide) groups is 1. The Morgan fingerprint density at radius 2 is 2.03 bits per heavy atom. The molecule has 1 aromatic carbocycles. The highest BCUT2D eigenvalue weighted by molar-refractivity contribution is 7.99. The zero-order valence-electron chi connectivity index (χ0n) is 18.1. The first-order valence-corrected chi connectivity index (χ1v) is 12.2. The van der Waals surface area contributed by atoms with Crippen molar-refractivity contribution in [2.45, 2.75) is 18.6 Å². The van der Waals surface area contributed by atoms with Gasteiger partial charge in [0.1, 0.15) is 5.00 Å². The van der Waals surface area contributed by atoms with Crippen LogP contribution in [0.3, 0.4) is 0 Å². The van der Waals surface area contributed by atoms with E-state index >= 15 is 0 Å². The van der Waals surface area contributed by atoms with E-state index in [2.05, 4.69) is 22.1 Å². The molecule has 0 saturated carbocycles. The smallest absolute Gasteiger partial charge is 0.341 e. The number of allylic oxidation sites excluding steroid dienone is 1. The number of benzene rings is 1. The van der Waals surface area contributed by atoms with Crippen LogP contribution >= 0.6 is 46.3 Å². The minimum atomic E-state index is -0.699. The number of amides is 2. The summed E-state index contributed by atoms with van der Waals surface area (Å²) < 4.78 is 6.56. The molecule has 0 saturated heterocycles. The number of carbonyl (C=O) groups is 3. The molecule has 3 rings (SSSR count). The summed E-state index contributed by atoms with van der Waals surface area (Å²) in [5, 5.41) is 12.5. The van der Waals surface area contributed by atoms with Gasteiger partial charge in [0, 0.05) is 12.1 Å². The first kappa shape index (κ1) is 25.8. The van der Waals surface area contributed by atoms with Gasteiger partial charge in [-0.3, -0.25) is 14.2 Å². The van der Waals surface area contributed by atoms with Gasteiger partial charge >= 0.3 is 5.97 Å². The minimum Gasteiger partial charge on any atom is -0.465 e. The van der Waals surface area contributed by atoms with Gasteiger partial charge in [-0.2, -0.15) is 0 Å². The van der Waals surface area contributed by atoms with E-state index in [1.54, 1.807) is 35.8 Å². The molecule has 9 nitrogen and oxygen atoms in total. The van der Waals surface area contributed by atoms with E-state index in [1.807, 2.05) is 0 Å². The molecule has 0 spiro atoms. The van der Waals surface area contributed by atoms with Gasteiger partial charge < -0.3 is 15.8 Å². The summed E-state index contributed by atoms with van der Waals surface area (Å²) >= 11 is 14.2. The van der Waals surface area contributed by atoms with Gasteiger partial charge in [0.2, 0.25) is 5.91 Å². The molecule has 0 fully saturated rings. The van der Waals surface area contributed by atoms with Crippen molar-refractivity contribution in [2.24, 2.45) is 5.73 Å². The second-order valence-corrected chi connectivity index (χ2v) is 9.56. The zero-order valence-corrected chi connectivity index (χ0v) is 21.2. The summed E-state index contributed by atoms with van der Waals surface area (Å²) in [4.78, 5) is 36.7. The van der Waals surface area contributed by atoms with E-state index in [1.165, 1.54) is 7.11 Å². The van der Waals surface area contributed by atoms with Crippen LogP contribution in [0.15, 0.2) is 36.0 Å². The van der Waals surface area contributed by atoms with Crippen molar-refractivity contribution in [1.82, 2.24) is 14.8 Å². The van der Waals surface area contributed by atoms with Gasteiger partial charge in [-0.1, -0.05) is 41.0 Å². The van der Waals surface area contributed by atoms with E-state index in [-0.39, 0.29) is 21.2 Å². The number of nitrogens with zero attached hydrogens (tertiary/aromatic N) is 3. The first-order valence-electron chi connectivity index (χ1n) is 9.61. The number of aromatic nitrogens is 3. The van der Waals surface area contributed by atoms with Crippen LogP contribution in [0.25, 0.3) is 11.4 Å². The number of nitrogens with one attached hydrogen (secondary N) is 1. The molecule has 0 radical (unpaired) electrons. The van der Waals surface area contributed by atoms with E-state index in [0.717, 1.165) is 23.1 Å². The lowest BCUT2D eigenvalue weighted by Crippen LogP contribution is -2.16. The van der Waals surface area contributed by atoms with Crippen molar-refractivity contribution in [3.63, 3.8) is 0 Å². The molecule has 2 heterocycles. The Hall–Kier alpha value is -2.86. The van der Waals surface area contributed by atoms with Crippen LogP contribution in [-0.4, -0.2) is 45.4 Å². The highest BCUT2D eigenvalue weighted by Crippen LogP contribution is 2.34. The Balaban J connectivity index is 1.80. The number of rotatable bonds is 9. The summed E-state index contributed by atoms with van der Waals surface area (Å²) in [5.41, 5.74) is 6.53. The summed E-state index contributed by atoms with van der Waals surface area (Å²) in [6, 6.07) is 5.11. The number of esters is 1. The van der Waals surface area contributed by atoms with Crippen molar-refractivity contribution >= 4 is 69.1 Å². The van der Waals surface area contributed by atoms with Crippen LogP contribution in [0.1, 0.15) is 25.6 Å². The minimum absolute atomic E-state index is 0.0416. The van der Waals surface area contributed by atoms with Crippen LogP contribution in [0.2, 0.25) is 10.0 Å². The normalized spacial score (nSPS) is 10.7. The molecule has 0 unspecified atom stereocenters. The Morgan fingerprint density at radius 3 is 2.65 bits per heavy atom. The molecule has 13 heteroatoms. The monoisotopic (exact) mass is 539 g/mol. The number of ether oxygens (including phenoxy) is 1. The molecule has 2 amide bonds. The molecule has 3 aromatic rings. The fourth-order valence-electron chi connectivity index (χ4n) is 3.02. The molecular formula is C21H19Cl2N5O4S2. The lowest BCUT2D eigenvalue weighted by atomic mass is 10.1. The van der Waals surface area contributed by atoms with Crippen molar-refractivity contribution in [3.05, 3.63) is 56.9 Å². The van der Waals surface area contributed by atoms with Crippen molar-refractivity contribution in [1.29, 1.82) is 0 Å². The molecule has 0 atom stereocenters. The predicted octanol–water partition coefficient (Wildman–Crippen LogP) is 4.42. The number of halogens is 2. The highest BCUT2D eigenvalue weighted by atomic mass is 35.5. The van der Waals surface area contributed by atoms with E-state index in [9.17, 15) is 14.4 Å². The van der Waals surface area contributed by atoms with Gasteiger partial charge in [-0.25, -0.2) is 4.79 Å². The quantitative estimate of drug-likeness (QED) is 0.233. The number of anilines is 1. The highest BCUT2D eigenvalue weighted by Gasteiger charge is 2.25. The molecule has 34 heavy (non-hydrogen) atoms. The third-order valence-electron chi connectivity index (χ3n) is 4.55. The lowest BCUT2D eigenvalue weighted by molar-refractivity contribution is -0.113. The van der Waals surface area contributed by atoms with Gasteiger partial charge in [0.15, 0.2) is 11.0 Å². The average molecular weight is 540 g/mol. The maximum absolute atomic E-state index is 12.7. The van der Waals surface area contributed by atoms with Gasteiger partial charge in [-0.05, 0) is 30.7 Å². The standard InChI is InChI=1S/C21H19Cl2N5O4S2/c1-4-7-28-18(11-5-6-12(22)13(23)8-11)26-27-21(28)33-9-14(29)25-19-15(20(31)32-3)10(2)16(34-19)17(24)30/h4-6,8H,1,7,9H2,2-3H3,(H2,24,30)(H,25,29). The van der Waals surface area contributed by atoms with Crippen LogP contribution in [-0.2, 0) is 16.1 Å². The van der Waals surface area contributed by atoms with Crippen LogP contribution in [0.5, 0.6) is 0 Å². The zero-order chi connectivity index (χ0) is 25.0. The number of methoxy groups -OCH3 is 1. The van der Waals surface area contributed by atoms with Crippen molar-refractivity contribution < 1.29 is 19.1 Å². The van der Waals surface area contributed by atoms with Crippen LogP contribution in [0.4, 0.5) is 5.00 Å². The maximum Gasteiger partial charge on any atom is 0.341 e. The summed E-state index contributed by atoms with van der Waals surface area (Å²) in [7, 11) is 1.21. The lowest BCUT2D eigenvalue weighted by Gasteiger charge is -2.09. The number of hydrogen-bond acceptors (Lipinski definition) is 8. The molecular weight excluding hydrogens is 521 g/mol. The van der Waals surface area contributed by atoms with E-state index in [4.69, 9.17) is 33.7 Å². The Bertz CT molecular complexity index is 1290.